The van der Waals surface area contributed by atoms with E-state index in [0.29, 0.717) is 0 Å². The van der Waals surface area contributed by atoms with E-state index in [4.69, 9.17) is 15.2 Å². The van der Waals surface area contributed by atoms with E-state index in [-0.39, 0.29) is 0 Å². The van der Waals surface area contributed by atoms with Gasteiger partial charge in [-0.3, -0.25) is 0 Å². The van der Waals surface area contributed by atoms with Crippen LogP contribution in [0.1, 0.15) is 19.3 Å². The van der Waals surface area contributed by atoms with Crippen LogP contribution in [0.25, 0.3) is 0 Å². The summed E-state index contributed by atoms with van der Waals surface area (Å²) in [6.45, 7) is 3.23. The van der Waals surface area contributed by atoms with Gasteiger partial charge in [-0.1, -0.05) is 0 Å². The van der Waals surface area contributed by atoms with E-state index in [2.05, 4.69) is 24.1 Å². The largest absolute Gasteiger partial charge is 0.490 e. The Balaban J connectivity index is 2.02. The second-order valence-electron chi connectivity index (χ2n) is 4.60. The summed E-state index contributed by atoms with van der Waals surface area (Å²) < 4.78 is 11.3. The molecule has 4 nitrogen and oxygen atoms in total. The highest BCUT2D eigenvalue weighted by atomic mass is 16.5. The summed E-state index contributed by atoms with van der Waals surface area (Å²) in [4.78, 5) is 2.23. The van der Waals surface area contributed by atoms with Gasteiger partial charge in [-0.25, -0.2) is 0 Å². The fourth-order valence-electron chi connectivity index (χ4n) is 2.01. The molecule has 100 valence electrons. The molecule has 1 aromatic carbocycles. The number of anilines is 1. The molecule has 1 aromatic rings. The average Bonchev–Trinajstić information content (AvgIpc) is 2.63. The molecule has 1 heterocycles. The van der Waals surface area contributed by atoms with Crippen LogP contribution in [-0.4, -0.2) is 33.4 Å². The molecule has 0 spiro atoms. The fraction of sp³-hybridized carbons (Fsp3) is 0.571. The van der Waals surface area contributed by atoms with Crippen LogP contribution >= 0.6 is 0 Å². The molecule has 0 bridgehead atoms. The van der Waals surface area contributed by atoms with E-state index in [9.17, 15) is 0 Å². The minimum absolute atomic E-state index is 0.730. The van der Waals surface area contributed by atoms with Crippen molar-refractivity contribution >= 4 is 5.69 Å². The summed E-state index contributed by atoms with van der Waals surface area (Å²) >= 11 is 0. The van der Waals surface area contributed by atoms with E-state index in [1.54, 1.807) is 0 Å². The monoisotopic (exact) mass is 250 g/mol. The molecule has 0 atom stereocenters. The first-order valence-corrected chi connectivity index (χ1v) is 6.62. The summed E-state index contributed by atoms with van der Waals surface area (Å²) in [5, 5.41) is 0. The molecule has 0 unspecified atom stereocenters. The highest BCUT2D eigenvalue weighted by Gasteiger charge is 2.11. The molecule has 2 N–H and O–H groups in total. The number of unbranched alkanes of at least 4 members (excludes halogenated alkanes) is 1. The average molecular weight is 250 g/mol. The number of ether oxygens (including phenoxy) is 2. The molecule has 0 amide bonds. The first-order valence-electron chi connectivity index (χ1n) is 6.62. The highest BCUT2D eigenvalue weighted by molar-refractivity contribution is 5.56. The number of rotatable bonds is 5. The van der Waals surface area contributed by atoms with Gasteiger partial charge >= 0.3 is 0 Å². The highest BCUT2D eigenvalue weighted by Crippen LogP contribution is 2.33. The van der Waals surface area contributed by atoms with Gasteiger partial charge in [0, 0.05) is 31.8 Å². The predicted molar refractivity (Wildman–Crippen MR) is 73.6 cm³/mol. The molecule has 18 heavy (non-hydrogen) atoms. The topological polar surface area (TPSA) is 47.7 Å². The smallest absolute Gasteiger partial charge is 0.163 e. The van der Waals surface area contributed by atoms with E-state index in [1.807, 2.05) is 6.07 Å². The molecule has 0 fully saturated rings. The van der Waals surface area contributed by atoms with Crippen LogP contribution in [0.4, 0.5) is 5.69 Å². The van der Waals surface area contributed by atoms with Crippen LogP contribution in [0, 0.1) is 0 Å². The first-order chi connectivity index (χ1) is 8.81. The van der Waals surface area contributed by atoms with Gasteiger partial charge in [-0.05, 0) is 31.5 Å². The summed E-state index contributed by atoms with van der Waals surface area (Å²) in [7, 11) is 2.09. The lowest BCUT2D eigenvalue weighted by Crippen LogP contribution is -2.19. The Hall–Kier alpha value is -1.42. The van der Waals surface area contributed by atoms with E-state index < -0.39 is 0 Å². The van der Waals surface area contributed by atoms with Gasteiger partial charge in [-0.2, -0.15) is 0 Å². The van der Waals surface area contributed by atoms with Crippen molar-refractivity contribution in [3.63, 3.8) is 0 Å². The lowest BCUT2D eigenvalue weighted by atomic mass is 10.2. The molecule has 0 aliphatic carbocycles. The Morgan fingerprint density at radius 2 is 1.94 bits per heavy atom. The third-order valence-electron chi connectivity index (χ3n) is 3.12. The van der Waals surface area contributed by atoms with Gasteiger partial charge in [0.2, 0.25) is 0 Å². The van der Waals surface area contributed by atoms with Gasteiger partial charge in [0.1, 0.15) is 0 Å². The minimum atomic E-state index is 0.730. The number of fused-ring (bicyclic) bond motifs is 1. The van der Waals surface area contributed by atoms with Crippen molar-refractivity contribution in [3.8, 4) is 11.5 Å². The zero-order valence-corrected chi connectivity index (χ0v) is 11.0. The summed E-state index contributed by atoms with van der Waals surface area (Å²) in [6.07, 6.45) is 3.12. The number of nitrogens with zero attached hydrogens (tertiary/aromatic N) is 1. The third-order valence-corrected chi connectivity index (χ3v) is 3.12. The lowest BCUT2D eigenvalue weighted by molar-refractivity contribution is 0.297. The van der Waals surface area contributed by atoms with E-state index in [0.717, 1.165) is 62.8 Å². The molecule has 0 aromatic heterocycles. The predicted octanol–water partition coefficient (Wildman–Crippen LogP) is 2.02. The molecule has 0 radical (unpaired) electrons. The first kappa shape index (κ1) is 13.0. The third kappa shape index (κ3) is 3.29. The van der Waals surface area contributed by atoms with Crippen LogP contribution in [0.2, 0.25) is 0 Å². The van der Waals surface area contributed by atoms with Crippen molar-refractivity contribution in [2.45, 2.75) is 19.3 Å². The number of hydrogen-bond acceptors (Lipinski definition) is 4. The molecular formula is C14H22N2O2. The van der Waals surface area contributed by atoms with Crippen molar-refractivity contribution in [1.82, 2.24) is 0 Å². The number of hydrogen-bond donors (Lipinski definition) is 1. The van der Waals surface area contributed by atoms with Crippen LogP contribution in [0.3, 0.4) is 0 Å². The van der Waals surface area contributed by atoms with Crippen LogP contribution < -0.4 is 20.1 Å². The second kappa shape index (κ2) is 6.50. The molecule has 1 aliphatic rings. The zero-order valence-electron chi connectivity index (χ0n) is 11.0. The van der Waals surface area contributed by atoms with Gasteiger partial charge in [0.05, 0.1) is 13.2 Å². The zero-order chi connectivity index (χ0) is 12.8. The molecule has 2 rings (SSSR count). The van der Waals surface area contributed by atoms with Gasteiger partial charge < -0.3 is 20.1 Å². The number of benzene rings is 1. The molecule has 0 saturated heterocycles. The summed E-state index contributed by atoms with van der Waals surface area (Å²) in [6, 6.07) is 6.13. The lowest BCUT2D eigenvalue weighted by Gasteiger charge is -2.20. The number of nitrogens with two attached hydrogens (primary N) is 1. The Kier molecular flexibility index (Phi) is 4.70. The summed E-state index contributed by atoms with van der Waals surface area (Å²) in [5.41, 5.74) is 6.67. The van der Waals surface area contributed by atoms with Crippen LogP contribution in [-0.2, 0) is 0 Å². The summed E-state index contributed by atoms with van der Waals surface area (Å²) in [5.74, 6) is 1.71. The second-order valence-corrected chi connectivity index (χ2v) is 4.60. The van der Waals surface area contributed by atoms with Crippen molar-refractivity contribution in [2.24, 2.45) is 5.73 Å². The maximum Gasteiger partial charge on any atom is 0.163 e. The minimum Gasteiger partial charge on any atom is -0.490 e. The quantitative estimate of drug-likeness (QED) is 0.812. The van der Waals surface area contributed by atoms with E-state index >= 15 is 0 Å². The fourth-order valence-corrected chi connectivity index (χ4v) is 2.01. The maximum absolute atomic E-state index is 5.69. The Morgan fingerprint density at radius 3 is 2.72 bits per heavy atom. The standard InChI is InChI=1S/C14H22N2O2/c1-16(8-3-2-7-15)12-5-6-13-14(11-12)18-10-4-9-17-13/h5-6,11H,2-4,7-10,15H2,1H3. The molecule has 1 aliphatic heterocycles. The van der Waals surface area contributed by atoms with Crippen LogP contribution in [0.15, 0.2) is 18.2 Å². The Morgan fingerprint density at radius 1 is 1.17 bits per heavy atom. The van der Waals surface area contributed by atoms with E-state index in [1.165, 1.54) is 0 Å². The van der Waals surface area contributed by atoms with Gasteiger partial charge in [0.25, 0.3) is 0 Å². The van der Waals surface area contributed by atoms with Gasteiger partial charge in [0.15, 0.2) is 11.5 Å². The van der Waals surface area contributed by atoms with Crippen molar-refractivity contribution < 1.29 is 9.47 Å². The Bertz CT molecular complexity index is 382. The van der Waals surface area contributed by atoms with Crippen molar-refractivity contribution in [1.29, 1.82) is 0 Å². The molecular weight excluding hydrogens is 228 g/mol. The van der Waals surface area contributed by atoms with Gasteiger partial charge in [-0.15, -0.1) is 0 Å². The normalized spacial score (nSPS) is 14.1. The Labute approximate surface area is 109 Å². The molecule has 4 heteroatoms. The SMILES string of the molecule is CN(CCCCN)c1ccc2c(c1)OCCCO2. The maximum atomic E-state index is 5.69. The molecule has 0 saturated carbocycles. The van der Waals surface area contributed by atoms with Crippen molar-refractivity contribution in [2.75, 3.05) is 38.3 Å². The van der Waals surface area contributed by atoms with Crippen molar-refractivity contribution in [3.05, 3.63) is 18.2 Å². The van der Waals surface area contributed by atoms with Crippen LogP contribution in [0.5, 0.6) is 11.5 Å².